The van der Waals surface area contributed by atoms with Crippen LogP contribution in [0.2, 0.25) is 0 Å². The second-order valence-electron chi connectivity index (χ2n) is 5.07. The van der Waals surface area contributed by atoms with E-state index < -0.39 is 0 Å². The highest BCUT2D eigenvalue weighted by atomic mass is 32.1. The molecule has 2 rings (SSSR count). The minimum atomic E-state index is 0.424. The minimum absolute atomic E-state index is 0.424. The van der Waals surface area contributed by atoms with Gasteiger partial charge in [-0.2, -0.15) is 0 Å². The fraction of sp³-hybridized carbons (Fsp3) is 0.533. The normalized spacial score (nSPS) is 14.6. The summed E-state index contributed by atoms with van der Waals surface area (Å²) in [6, 6.07) is 7.65. The van der Waals surface area contributed by atoms with E-state index in [0.717, 1.165) is 36.9 Å². The zero-order chi connectivity index (χ0) is 13.7. The van der Waals surface area contributed by atoms with Crippen molar-refractivity contribution in [2.75, 3.05) is 26.2 Å². The average molecular weight is 278 g/mol. The lowest BCUT2D eigenvalue weighted by molar-refractivity contribution is 0.210. The number of thiocarbonyl (C=S) groups is 1. The van der Waals surface area contributed by atoms with Gasteiger partial charge in [0.15, 0.2) is 0 Å². The van der Waals surface area contributed by atoms with Crippen molar-refractivity contribution in [1.82, 2.24) is 4.90 Å². The molecular weight excluding hydrogens is 256 g/mol. The standard InChI is InChI=1S/C15H22N2OS/c1-2-17(11-12-3-4-12)9-10-18-14-7-5-13(6-8-14)15(16)19/h5-8,12H,2-4,9-11H2,1H3,(H2,16,19). The van der Waals surface area contributed by atoms with Crippen molar-refractivity contribution in [2.45, 2.75) is 19.8 Å². The van der Waals surface area contributed by atoms with Gasteiger partial charge in [0.25, 0.3) is 0 Å². The molecule has 1 aromatic carbocycles. The van der Waals surface area contributed by atoms with Gasteiger partial charge in [-0.3, -0.25) is 4.90 Å². The van der Waals surface area contributed by atoms with E-state index >= 15 is 0 Å². The van der Waals surface area contributed by atoms with Crippen LogP contribution in [0, 0.1) is 5.92 Å². The van der Waals surface area contributed by atoms with Crippen LogP contribution >= 0.6 is 12.2 Å². The third kappa shape index (κ3) is 4.80. The Morgan fingerprint density at radius 1 is 1.37 bits per heavy atom. The van der Waals surface area contributed by atoms with E-state index in [1.54, 1.807) is 0 Å². The number of nitrogens with zero attached hydrogens (tertiary/aromatic N) is 1. The van der Waals surface area contributed by atoms with Crippen LogP contribution in [-0.4, -0.2) is 36.1 Å². The van der Waals surface area contributed by atoms with Gasteiger partial charge in [0, 0.05) is 18.7 Å². The third-order valence-corrected chi connectivity index (χ3v) is 3.71. The van der Waals surface area contributed by atoms with E-state index in [1.165, 1.54) is 19.4 Å². The summed E-state index contributed by atoms with van der Waals surface area (Å²) in [4.78, 5) is 2.88. The molecular formula is C15H22N2OS. The highest BCUT2D eigenvalue weighted by molar-refractivity contribution is 7.80. The topological polar surface area (TPSA) is 38.5 Å². The highest BCUT2D eigenvalue weighted by Crippen LogP contribution is 2.29. The second kappa shape index (κ2) is 6.87. The Balaban J connectivity index is 1.73. The SMILES string of the molecule is CCN(CCOc1ccc(C(N)=S)cc1)CC1CC1. The van der Waals surface area contributed by atoms with E-state index in [9.17, 15) is 0 Å². The summed E-state index contributed by atoms with van der Waals surface area (Å²) in [7, 11) is 0. The van der Waals surface area contributed by atoms with E-state index in [1.807, 2.05) is 24.3 Å². The summed E-state index contributed by atoms with van der Waals surface area (Å²) in [6.45, 7) is 6.25. The molecule has 0 aromatic heterocycles. The van der Waals surface area contributed by atoms with Gasteiger partial charge in [0.1, 0.15) is 17.3 Å². The molecule has 19 heavy (non-hydrogen) atoms. The van der Waals surface area contributed by atoms with Gasteiger partial charge in [-0.05, 0) is 49.6 Å². The number of rotatable bonds is 8. The largest absolute Gasteiger partial charge is 0.492 e. The molecule has 3 nitrogen and oxygen atoms in total. The van der Waals surface area contributed by atoms with Crippen molar-refractivity contribution in [3.63, 3.8) is 0 Å². The zero-order valence-electron chi connectivity index (χ0n) is 11.5. The molecule has 0 radical (unpaired) electrons. The molecule has 2 N–H and O–H groups in total. The van der Waals surface area contributed by atoms with Crippen LogP contribution in [0.15, 0.2) is 24.3 Å². The number of ether oxygens (including phenoxy) is 1. The maximum Gasteiger partial charge on any atom is 0.119 e. The molecule has 1 aliphatic rings. The third-order valence-electron chi connectivity index (χ3n) is 3.48. The lowest BCUT2D eigenvalue weighted by atomic mass is 10.2. The van der Waals surface area contributed by atoms with Gasteiger partial charge in [-0.15, -0.1) is 0 Å². The Bertz CT molecular complexity index is 415. The summed E-state index contributed by atoms with van der Waals surface area (Å²) in [5, 5.41) is 0. The van der Waals surface area contributed by atoms with Gasteiger partial charge in [0.05, 0.1) is 0 Å². The van der Waals surface area contributed by atoms with E-state index in [2.05, 4.69) is 11.8 Å². The quantitative estimate of drug-likeness (QED) is 0.741. The number of hydrogen-bond donors (Lipinski definition) is 1. The smallest absolute Gasteiger partial charge is 0.119 e. The minimum Gasteiger partial charge on any atom is -0.492 e. The Morgan fingerprint density at radius 2 is 2.05 bits per heavy atom. The Labute approximate surface area is 120 Å². The summed E-state index contributed by atoms with van der Waals surface area (Å²) >= 11 is 4.92. The lowest BCUT2D eigenvalue weighted by Gasteiger charge is -2.20. The first-order chi connectivity index (χ1) is 9.19. The first-order valence-corrected chi connectivity index (χ1v) is 7.35. The van der Waals surface area contributed by atoms with Crippen molar-refractivity contribution >= 4 is 17.2 Å². The summed E-state index contributed by atoms with van der Waals surface area (Å²) < 4.78 is 5.75. The van der Waals surface area contributed by atoms with Crippen molar-refractivity contribution in [1.29, 1.82) is 0 Å². The molecule has 1 aliphatic carbocycles. The molecule has 0 amide bonds. The molecule has 0 unspecified atom stereocenters. The molecule has 0 aliphatic heterocycles. The van der Waals surface area contributed by atoms with E-state index in [4.69, 9.17) is 22.7 Å². The van der Waals surface area contributed by atoms with Crippen molar-refractivity contribution in [2.24, 2.45) is 11.7 Å². The van der Waals surface area contributed by atoms with Gasteiger partial charge < -0.3 is 10.5 Å². The Kier molecular flexibility index (Phi) is 5.16. The van der Waals surface area contributed by atoms with E-state index in [-0.39, 0.29) is 0 Å². The summed E-state index contributed by atoms with van der Waals surface area (Å²) in [5.74, 6) is 1.81. The number of likely N-dealkylation sites (N-methyl/N-ethyl adjacent to an activating group) is 1. The molecule has 4 heteroatoms. The Hall–Kier alpha value is -1.13. The Morgan fingerprint density at radius 3 is 2.58 bits per heavy atom. The molecule has 0 bridgehead atoms. The van der Waals surface area contributed by atoms with Crippen LogP contribution in [0.4, 0.5) is 0 Å². The van der Waals surface area contributed by atoms with Crippen LogP contribution in [0.25, 0.3) is 0 Å². The molecule has 0 saturated heterocycles. The maximum absolute atomic E-state index is 5.75. The first-order valence-electron chi connectivity index (χ1n) is 6.94. The van der Waals surface area contributed by atoms with Crippen LogP contribution in [-0.2, 0) is 0 Å². The highest BCUT2D eigenvalue weighted by Gasteiger charge is 2.23. The van der Waals surface area contributed by atoms with Crippen molar-refractivity contribution in [3.05, 3.63) is 29.8 Å². The molecule has 1 saturated carbocycles. The van der Waals surface area contributed by atoms with Crippen LogP contribution in [0.5, 0.6) is 5.75 Å². The summed E-state index contributed by atoms with van der Waals surface area (Å²) in [6.07, 6.45) is 2.80. The molecule has 0 heterocycles. The van der Waals surface area contributed by atoms with Gasteiger partial charge >= 0.3 is 0 Å². The van der Waals surface area contributed by atoms with Crippen molar-refractivity contribution in [3.8, 4) is 5.75 Å². The average Bonchev–Trinajstić information content (AvgIpc) is 3.22. The van der Waals surface area contributed by atoms with Gasteiger partial charge in [-0.25, -0.2) is 0 Å². The maximum atomic E-state index is 5.75. The second-order valence-corrected chi connectivity index (χ2v) is 5.51. The van der Waals surface area contributed by atoms with E-state index in [0.29, 0.717) is 4.99 Å². The van der Waals surface area contributed by atoms with Crippen LogP contribution in [0.3, 0.4) is 0 Å². The molecule has 0 atom stereocenters. The lowest BCUT2D eigenvalue weighted by Crippen LogP contribution is -2.30. The predicted octanol–water partition coefficient (Wildman–Crippen LogP) is 2.43. The fourth-order valence-corrected chi connectivity index (χ4v) is 2.19. The summed E-state index contributed by atoms with van der Waals surface area (Å²) in [5.41, 5.74) is 6.44. The number of nitrogens with two attached hydrogens (primary N) is 1. The fourth-order valence-electron chi connectivity index (χ4n) is 2.05. The molecule has 0 spiro atoms. The van der Waals surface area contributed by atoms with Crippen LogP contribution in [0.1, 0.15) is 25.3 Å². The monoisotopic (exact) mass is 278 g/mol. The first kappa shape index (κ1) is 14.3. The molecule has 104 valence electrons. The van der Waals surface area contributed by atoms with Crippen molar-refractivity contribution < 1.29 is 4.74 Å². The zero-order valence-corrected chi connectivity index (χ0v) is 12.3. The molecule has 1 fully saturated rings. The molecule has 1 aromatic rings. The predicted molar refractivity (Wildman–Crippen MR) is 82.7 cm³/mol. The van der Waals surface area contributed by atoms with Crippen LogP contribution < -0.4 is 10.5 Å². The van der Waals surface area contributed by atoms with Gasteiger partial charge in [-0.1, -0.05) is 19.1 Å². The number of benzene rings is 1. The van der Waals surface area contributed by atoms with Gasteiger partial charge in [0.2, 0.25) is 0 Å². The number of hydrogen-bond acceptors (Lipinski definition) is 3.